The molecule has 0 saturated heterocycles. The average molecular weight is 295 g/mol. The van der Waals surface area contributed by atoms with E-state index in [1.165, 1.54) is 16.3 Å². The van der Waals surface area contributed by atoms with Gasteiger partial charge in [0.1, 0.15) is 0 Å². The molecule has 1 heterocycles. The Morgan fingerprint density at radius 2 is 1.88 bits per heavy atom. The number of rotatable bonds is 0. The summed E-state index contributed by atoms with van der Waals surface area (Å²) in [5.74, 6) is 0. The van der Waals surface area contributed by atoms with Gasteiger partial charge in [0.15, 0.2) is 0 Å². The lowest BCUT2D eigenvalue weighted by Crippen LogP contribution is -1.86. The second-order valence-corrected chi connectivity index (χ2v) is 5.09. The Morgan fingerprint density at radius 3 is 2.69 bits per heavy atom. The van der Waals surface area contributed by atoms with Crippen LogP contribution in [0.4, 0.5) is 0 Å². The van der Waals surface area contributed by atoms with Gasteiger partial charge in [-0.3, -0.25) is 0 Å². The Balaban J connectivity index is 2.72. The highest BCUT2D eigenvalue weighted by molar-refractivity contribution is 9.10. The van der Waals surface area contributed by atoms with Crippen LogP contribution in [0.3, 0.4) is 0 Å². The van der Waals surface area contributed by atoms with Crippen molar-refractivity contribution in [3.63, 3.8) is 0 Å². The van der Waals surface area contributed by atoms with Crippen LogP contribution < -0.4 is 0 Å². The zero-order valence-corrected chi connectivity index (χ0v) is 11.0. The van der Waals surface area contributed by atoms with E-state index in [0.29, 0.717) is 0 Å². The molecule has 0 aliphatic carbocycles. The van der Waals surface area contributed by atoms with Crippen molar-refractivity contribution >= 4 is 49.3 Å². The van der Waals surface area contributed by atoms with Gasteiger partial charge in [0.05, 0.1) is 10.5 Å². The smallest absolute Gasteiger partial charge is 0.0689 e. The third-order valence-electron chi connectivity index (χ3n) is 2.95. The van der Waals surface area contributed by atoms with Gasteiger partial charge in [0.2, 0.25) is 0 Å². The fourth-order valence-corrected chi connectivity index (χ4v) is 3.04. The molecule has 0 amide bonds. The van der Waals surface area contributed by atoms with E-state index >= 15 is 0 Å². The van der Waals surface area contributed by atoms with Gasteiger partial charge < -0.3 is 4.57 Å². The van der Waals surface area contributed by atoms with Crippen molar-refractivity contribution in [1.29, 1.82) is 0 Å². The Labute approximate surface area is 107 Å². The SMILES string of the molecule is Cn1c2ccccc2c2c(Br)ccc(Cl)c21. The number of para-hydroxylation sites is 1. The quantitative estimate of drug-likeness (QED) is 0.564. The Bertz CT molecular complexity index is 700. The molecule has 0 N–H and O–H groups in total. The van der Waals surface area contributed by atoms with Gasteiger partial charge in [-0.15, -0.1) is 0 Å². The summed E-state index contributed by atoms with van der Waals surface area (Å²) in [6, 6.07) is 12.2. The molecule has 3 aromatic rings. The van der Waals surface area contributed by atoms with E-state index in [0.717, 1.165) is 15.0 Å². The molecule has 80 valence electrons. The van der Waals surface area contributed by atoms with E-state index in [1.54, 1.807) is 0 Å². The first kappa shape index (κ1) is 10.2. The Hall–Kier alpha value is -0.990. The Morgan fingerprint density at radius 1 is 1.12 bits per heavy atom. The average Bonchev–Trinajstić information content (AvgIpc) is 2.60. The molecule has 3 rings (SSSR count). The molecule has 0 bridgehead atoms. The first-order valence-corrected chi connectivity index (χ1v) is 6.18. The molecule has 16 heavy (non-hydrogen) atoms. The molecule has 0 saturated carbocycles. The summed E-state index contributed by atoms with van der Waals surface area (Å²) < 4.78 is 3.22. The number of halogens is 2. The maximum atomic E-state index is 6.26. The van der Waals surface area contributed by atoms with Crippen LogP contribution in [-0.2, 0) is 7.05 Å². The van der Waals surface area contributed by atoms with Crippen molar-refractivity contribution in [2.45, 2.75) is 0 Å². The maximum Gasteiger partial charge on any atom is 0.0689 e. The molecule has 1 nitrogen and oxygen atoms in total. The van der Waals surface area contributed by atoms with Crippen LogP contribution in [0, 0.1) is 0 Å². The first-order chi connectivity index (χ1) is 7.70. The van der Waals surface area contributed by atoms with Gasteiger partial charge in [-0.2, -0.15) is 0 Å². The predicted molar refractivity (Wildman–Crippen MR) is 73.1 cm³/mol. The third kappa shape index (κ3) is 1.23. The summed E-state index contributed by atoms with van der Waals surface area (Å²) in [4.78, 5) is 0. The van der Waals surface area contributed by atoms with Gasteiger partial charge >= 0.3 is 0 Å². The summed E-state index contributed by atoms with van der Waals surface area (Å²) in [6.07, 6.45) is 0. The molecule has 0 atom stereocenters. The van der Waals surface area contributed by atoms with Crippen LogP contribution in [-0.4, -0.2) is 4.57 Å². The summed E-state index contributed by atoms with van der Waals surface area (Å²) >= 11 is 9.86. The Kier molecular flexibility index (Phi) is 2.23. The van der Waals surface area contributed by atoms with Gasteiger partial charge in [-0.25, -0.2) is 0 Å². The second-order valence-electron chi connectivity index (χ2n) is 3.83. The minimum atomic E-state index is 0.789. The van der Waals surface area contributed by atoms with Crippen LogP contribution >= 0.6 is 27.5 Å². The fourth-order valence-electron chi connectivity index (χ4n) is 2.22. The highest BCUT2D eigenvalue weighted by atomic mass is 79.9. The van der Waals surface area contributed by atoms with Crippen LogP contribution in [0.15, 0.2) is 40.9 Å². The summed E-state index contributed by atoms with van der Waals surface area (Å²) in [5.41, 5.74) is 2.28. The fraction of sp³-hybridized carbons (Fsp3) is 0.0769. The molecule has 1 aromatic heterocycles. The maximum absolute atomic E-state index is 6.26. The zero-order chi connectivity index (χ0) is 11.3. The lowest BCUT2D eigenvalue weighted by atomic mass is 10.1. The molecule has 2 aromatic carbocycles. The van der Waals surface area contributed by atoms with Crippen molar-refractivity contribution in [1.82, 2.24) is 4.57 Å². The monoisotopic (exact) mass is 293 g/mol. The summed E-state index contributed by atoms with van der Waals surface area (Å²) in [6.45, 7) is 0. The van der Waals surface area contributed by atoms with Gasteiger partial charge in [0.25, 0.3) is 0 Å². The van der Waals surface area contributed by atoms with Crippen molar-refractivity contribution < 1.29 is 0 Å². The van der Waals surface area contributed by atoms with Crippen molar-refractivity contribution in [3.8, 4) is 0 Å². The summed E-state index contributed by atoms with van der Waals surface area (Å²) in [5, 5.41) is 3.21. The molecule has 0 aliphatic rings. The topological polar surface area (TPSA) is 4.93 Å². The van der Waals surface area contributed by atoms with Gasteiger partial charge in [-0.05, 0) is 18.2 Å². The van der Waals surface area contributed by atoms with Gasteiger partial charge in [0, 0.05) is 27.8 Å². The minimum absolute atomic E-state index is 0.789. The number of aromatic nitrogens is 1. The van der Waals surface area contributed by atoms with Crippen LogP contribution in [0.2, 0.25) is 5.02 Å². The molecule has 0 spiro atoms. The second kappa shape index (κ2) is 3.51. The number of benzene rings is 2. The molecule has 0 aliphatic heterocycles. The lowest BCUT2D eigenvalue weighted by Gasteiger charge is -2.00. The molecular formula is C13H9BrClN. The van der Waals surface area contributed by atoms with Crippen LogP contribution in [0.25, 0.3) is 21.8 Å². The van der Waals surface area contributed by atoms with E-state index in [9.17, 15) is 0 Å². The number of nitrogens with zero attached hydrogens (tertiary/aromatic N) is 1. The first-order valence-electron chi connectivity index (χ1n) is 5.01. The summed E-state index contributed by atoms with van der Waals surface area (Å²) in [7, 11) is 2.04. The largest absolute Gasteiger partial charge is 0.342 e. The molecule has 0 fully saturated rings. The van der Waals surface area contributed by atoms with Crippen molar-refractivity contribution in [2.75, 3.05) is 0 Å². The highest BCUT2D eigenvalue weighted by Crippen LogP contribution is 2.37. The lowest BCUT2D eigenvalue weighted by molar-refractivity contribution is 1.01. The minimum Gasteiger partial charge on any atom is -0.342 e. The van der Waals surface area contributed by atoms with E-state index < -0.39 is 0 Å². The normalized spacial score (nSPS) is 11.4. The van der Waals surface area contributed by atoms with E-state index in [-0.39, 0.29) is 0 Å². The van der Waals surface area contributed by atoms with E-state index in [2.05, 4.69) is 38.7 Å². The highest BCUT2D eigenvalue weighted by Gasteiger charge is 2.12. The third-order valence-corrected chi connectivity index (χ3v) is 3.91. The van der Waals surface area contributed by atoms with E-state index in [4.69, 9.17) is 11.6 Å². The predicted octanol–water partition coefficient (Wildman–Crippen LogP) is 4.75. The number of hydrogen-bond donors (Lipinski definition) is 0. The van der Waals surface area contributed by atoms with Crippen LogP contribution in [0.5, 0.6) is 0 Å². The number of hydrogen-bond acceptors (Lipinski definition) is 0. The molecule has 3 heteroatoms. The standard InChI is InChI=1S/C13H9BrClN/c1-16-11-5-3-2-4-8(11)12-9(14)6-7-10(15)13(12)16/h2-7H,1H3. The zero-order valence-electron chi connectivity index (χ0n) is 8.67. The van der Waals surface area contributed by atoms with Crippen molar-refractivity contribution in [2.24, 2.45) is 7.05 Å². The van der Waals surface area contributed by atoms with E-state index in [1.807, 2.05) is 25.2 Å². The number of aryl methyl sites for hydroxylation is 1. The molecular weight excluding hydrogens is 286 g/mol. The number of fused-ring (bicyclic) bond motifs is 3. The molecule has 0 radical (unpaired) electrons. The van der Waals surface area contributed by atoms with Gasteiger partial charge in [-0.1, -0.05) is 45.7 Å². The van der Waals surface area contributed by atoms with Crippen LogP contribution in [0.1, 0.15) is 0 Å². The van der Waals surface area contributed by atoms with Crippen molar-refractivity contribution in [3.05, 3.63) is 45.9 Å². The molecule has 0 unspecified atom stereocenters.